The third-order valence-electron chi connectivity index (χ3n) is 1.96. The molecule has 0 aromatic heterocycles. The summed E-state index contributed by atoms with van der Waals surface area (Å²) in [5.41, 5.74) is 0.936. The van der Waals surface area contributed by atoms with Crippen molar-refractivity contribution in [1.29, 1.82) is 5.26 Å². The highest BCUT2D eigenvalue weighted by Crippen LogP contribution is 2.19. The summed E-state index contributed by atoms with van der Waals surface area (Å²) in [6, 6.07) is 9.34. The van der Waals surface area contributed by atoms with Gasteiger partial charge in [-0.1, -0.05) is 34.1 Å². The van der Waals surface area contributed by atoms with Gasteiger partial charge in [-0.3, -0.25) is 4.79 Å². The fourth-order valence-corrected chi connectivity index (χ4v) is 1.53. The summed E-state index contributed by atoms with van der Waals surface area (Å²) >= 11 is 3.36. The lowest BCUT2D eigenvalue weighted by Crippen LogP contribution is -2.22. The fraction of sp³-hybridized carbons (Fsp3) is 0.167. The van der Waals surface area contributed by atoms with Gasteiger partial charge in [0.15, 0.2) is 0 Å². The van der Waals surface area contributed by atoms with E-state index in [9.17, 15) is 4.79 Å². The largest absolute Gasteiger partial charge is 0.344 e. The quantitative estimate of drug-likeness (QED) is 0.616. The van der Waals surface area contributed by atoms with Crippen LogP contribution in [0.5, 0.6) is 0 Å². The van der Waals surface area contributed by atoms with Crippen LogP contribution in [0, 0.1) is 11.3 Å². The third kappa shape index (κ3) is 2.94. The van der Waals surface area contributed by atoms with Gasteiger partial charge in [-0.25, -0.2) is 0 Å². The van der Waals surface area contributed by atoms with Gasteiger partial charge in [0.05, 0.1) is 0 Å². The van der Waals surface area contributed by atoms with E-state index in [1.54, 1.807) is 20.2 Å². The summed E-state index contributed by atoms with van der Waals surface area (Å²) in [5, 5.41) is 8.92. The Morgan fingerprint density at radius 2 is 2.06 bits per heavy atom. The van der Waals surface area contributed by atoms with Gasteiger partial charge in [-0.15, -0.1) is 0 Å². The van der Waals surface area contributed by atoms with E-state index < -0.39 is 0 Å². The lowest BCUT2D eigenvalue weighted by atomic mass is 10.1. The van der Waals surface area contributed by atoms with E-state index in [0.717, 1.165) is 10.0 Å². The molecule has 0 saturated carbocycles. The van der Waals surface area contributed by atoms with Gasteiger partial charge in [0.1, 0.15) is 11.6 Å². The molecule has 0 atom stereocenters. The Balaban J connectivity index is 3.12. The van der Waals surface area contributed by atoms with Gasteiger partial charge in [0, 0.05) is 18.6 Å². The number of likely N-dealkylation sites (N-methyl/N-ethyl adjacent to an activating group) is 1. The molecule has 0 N–H and O–H groups in total. The average molecular weight is 279 g/mol. The number of nitrogens with zero attached hydrogens (tertiary/aromatic N) is 2. The Morgan fingerprint density at radius 3 is 2.56 bits per heavy atom. The normalized spacial score (nSPS) is 10.8. The maximum Gasteiger partial charge on any atom is 0.264 e. The van der Waals surface area contributed by atoms with Gasteiger partial charge in [0.2, 0.25) is 0 Å². The highest BCUT2D eigenvalue weighted by molar-refractivity contribution is 9.10. The second-order valence-corrected chi connectivity index (χ2v) is 4.25. The van der Waals surface area contributed by atoms with Gasteiger partial charge in [0.25, 0.3) is 5.91 Å². The molecule has 0 aliphatic carbocycles. The van der Waals surface area contributed by atoms with Crippen molar-refractivity contribution in [2.75, 3.05) is 14.1 Å². The van der Waals surface area contributed by atoms with Crippen molar-refractivity contribution >= 4 is 27.9 Å². The first-order valence-electron chi connectivity index (χ1n) is 4.64. The zero-order chi connectivity index (χ0) is 12.1. The maximum absolute atomic E-state index is 11.6. The predicted octanol–water partition coefficient (Wildman–Crippen LogP) is 2.44. The lowest BCUT2D eigenvalue weighted by Gasteiger charge is -2.08. The summed E-state index contributed by atoms with van der Waals surface area (Å²) in [6.07, 6.45) is 1.58. The second kappa shape index (κ2) is 5.47. The van der Waals surface area contributed by atoms with E-state index in [2.05, 4.69) is 15.9 Å². The standard InChI is InChI=1S/C12H11BrN2O/c1-15(2)12(16)10(8-14)7-9-5-3-4-6-11(9)13/h3-7H,1-2H3/b10-7-. The molecule has 1 rings (SSSR count). The Morgan fingerprint density at radius 1 is 1.44 bits per heavy atom. The van der Waals surface area contributed by atoms with Gasteiger partial charge in [-0.2, -0.15) is 5.26 Å². The van der Waals surface area contributed by atoms with Gasteiger partial charge in [-0.05, 0) is 17.7 Å². The van der Waals surface area contributed by atoms with Crippen LogP contribution in [0.2, 0.25) is 0 Å². The highest BCUT2D eigenvalue weighted by Gasteiger charge is 2.11. The molecule has 1 amide bonds. The highest BCUT2D eigenvalue weighted by atomic mass is 79.9. The number of benzene rings is 1. The molecule has 0 bridgehead atoms. The number of hydrogen-bond acceptors (Lipinski definition) is 2. The number of nitriles is 1. The van der Waals surface area contributed by atoms with E-state index in [4.69, 9.17) is 5.26 Å². The van der Waals surface area contributed by atoms with Crippen LogP contribution >= 0.6 is 15.9 Å². The fourth-order valence-electron chi connectivity index (χ4n) is 1.13. The van der Waals surface area contributed by atoms with Crippen LogP contribution in [0.1, 0.15) is 5.56 Å². The van der Waals surface area contributed by atoms with Crippen molar-refractivity contribution < 1.29 is 4.79 Å². The topological polar surface area (TPSA) is 44.1 Å². The molecule has 0 radical (unpaired) electrons. The SMILES string of the molecule is CN(C)C(=O)/C(C#N)=C\c1ccccc1Br. The first-order valence-corrected chi connectivity index (χ1v) is 5.43. The Bertz CT molecular complexity index is 472. The van der Waals surface area contributed by atoms with Crippen LogP contribution in [0.4, 0.5) is 0 Å². The van der Waals surface area contributed by atoms with Crippen molar-refractivity contribution in [2.24, 2.45) is 0 Å². The summed E-state index contributed by atoms with van der Waals surface area (Å²) < 4.78 is 0.856. The number of hydrogen-bond donors (Lipinski definition) is 0. The van der Waals surface area contributed by atoms with Crippen molar-refractivity contribution in [3.63, 3.8) is 0 Å². The zero-order valence-electron chi connectivity index (χ0n) is 9.07. The first-order chi connectivity index (χ1) is 7.56. The molecule has 0 aliphatic heterocycles. The molecule has 0 spiro atoms. The van der Waals surface area contributed by atoms with Crippen molar-refractivity contribution in [2.45, 2.75) is 0 Å². The van der Waals surface area contributed by atoms with E-state index in [0.29, 0.717) is 0 Å². The predicted molar refractivity (Wildman–Crippen MR) is 66.4 cm³/mol. The molecular weight excluding hydrogens is 268 g/mol. The molecule has 0 aliphatic rings. The van der Waals surface area contributed by atoms with Crippen LogP contribution in [0.15, 0.2) is 34.3 Å². The van der Waals surface area contributed by atoms with Crippen molar-refractivity contribution in [3.05, 3.63) is 39.9 Å². The number of halogens is 1. The number of carbonyl (C=O) groups excluding carboxylic acids is 1. The summed E-state index contributed by atoms with van der Waals surface area (Å²) in [4.78, 5) is 13.0. The van der Waals surface area contributed by atoms with Crippen LogP contribution < -0.4 is 0 Å². The summed E-state index contributed by atoms with van der Waals surface area (Å²) in [6.45, 7) is 0. The van der Waals surface area contributed by atoms with Crippen LogP contribution in [0.3, 0.4) is 0 Å². The van der Waals surface area contributed by atoms with Crippen LogP contribution in [0.25, 0.3) is 6.08 Å². The molecule has 82 valence electrons. The van der Waals surface area contributed by atoms with Crippen molar-refractivity contribution in [1.82, 2.24) is 4.90 Å². The Hall–Kier alpha value is -1.60. The molecule has 16 heavy (non-hydrogen) atoms. The van der Waals surface area contributed by atoms with E-state index in [1.807, 2.05) is 30.3 Å². The Kier molecular flexibility index (Phi) is 4.27. The minimum Gasteiger partial charge on any atom is -0.344 e. The van der Waals surface area contributed by atoms with E-state index in [-0.39, 0.29) is 11.5 Å². The molecule has 0 heterocycles. The van der Waals surface area contributed by atoms with Gasteiger partial charge < -0.3 is 4.90 Å². The second-order valence-electron chi connectivity index (χ2n) is 3.39. The molecule has 0 unspecified atom stereocenters. The monoisotopic (exact) mass is 278 g/mol. The lowest BCUT2D eigenvalue weighted by molar-refractivity contribution is -0.124. The summed E-state index contributed by atoms with van der Waals surface area (Å²) in [7, 11) is 3.24. The molecule has 0 saturated heterocycles. The van der Waals surface area contributed by atoms with Crippen molar-refractivity contribution in [3.8, 4) is 6.07 Å². The van der Waals surface area contributed by atoms with Gasteiger partial charge >= 0.3 is 0 Å². The average Bonchev–Trinajstić information content (AvgIpc) is 2.27. The molecule has 0 fully saturated rings. The molecule has 4 heteroatoms. The summed E-state index contributed by atoms with van der Waals surface area (Å²) in [5.74, 6) is -0.293. The molecule has 1 aromatic carbocycles. The number of rotatable bonds is 2. The number of amides is 1. The molecule has 3 nitrogen and oxygen atoms in total. The molecule has 1 aromatic rings. The first kappa shape index (κ1) is 12.5. The Labute approximate surface area is 103 Å². The minimum atomic E-state index is -0.293. The van der Waals surface area contributed by atoms with E-state index in [1.165, 1.54) is 4.90 Å². The maximum atomic E-state index is 11.6. The molecular formula is C12H11BrN2O. The minimum absolute atomic E-state index is 0.122. The third-order valence-corrected chi connectivity index (χ3v) is 2.68. The van der Waals surface area contributed by atoms with Crippen LogP contribution in [-0.2, 0) is 4.79 Å². The number of carbonyl (C=O) groups is 1. The van der Waals surface area contributed by atoms with E-state index >= 15 is 0 Å². The van der Waals surface area contributed by atoms with Crippen LogP contribution in [-0.4, -0.2) is 24.9 Å². The zero-order valence-corrected chi connectivity index (χ0v) is 10.7. The smallest absolute Gasteiger partial charge is 0.264 e.